The topological polar surface area (TPSA) is 64.6 Å². The third-order valence-corrected chi connectivity index (χ3v) is 4.39. The maximum Gasteiger partial charge on any atom is 0.319 e. The molecule has 2 aromatic rings. The number of methoxy groups -OCH3 is 1. The van der Waals surface area contributed by atoms with Gasteiger partial charge in [0, 0.05) is 43.2 Å². The van der Waals surface area contributed by atoms with E-state index >= 15 is 0 Å². The Kier molecular flexibility index (Phi) is 5.71. The molecule has 2 heterocycles. The first kappa shape index (κ1) is 17.5. The lowest BCUT2D eigenvalue weighted by Gasteiger charge is -2.32. The molecule has 0 spiro atoms. The Bertz CT molecular complexity index is 716. The van der Waals surface area contributed by atoms with Crippen LogP contribution in [-0.2, 0) is 11.2 Å². The fourth-order valence-corrected chi connectivity index (χ4v) is 2.90. The monoisotopic (exact) mass is 361 g/mol. The minimum Gasteiger partial charge on any atom is -0.474 e. The van der Waals surface area contributed by atoms with E-state index in [2.05, 4.69) is 9.97 Å². The quantitative estimate of drug-likeness (QED) is 0.819. The van der Waals surface area contributed by atoms with Gasteiger partial charge in [-0.1, -0.05) is 23.7 Å². The Hall–Kier alpha value is -2.34. The summed E-state index contributed by atoms with van der Waals surface area (Å²) in [4.78, 5) is 22.4. The van der Waals surface area contributed by atoms with Gasteiger partial charge in [-0.2, -0.15) is 4.98 Å². The van der Waals surface area contributed by atoms with E-state index < -0.39 is 0 Å². The van der Waals surface area contributed by atoms with Crippen LogP contribution in [0.2, 0.25) is 5.02 Å². The maximum absolute atomic E-state index is 12.4. The zero-order valence-corrected chi connectivity index (χ0v) is 14.8. The van der Waals surface area contributed by atoms with Crippen molar-refractivity contribution in [1.29, 1.82) is 0 Å². The fraction of sp³-hybridized carbons (Fsp3) is 0.389. The van der Waals surface area contributed by atoms with Crippen molar-refractivity contribution in [3.8, 4) is 11.9 Å². The van der Waals surface area contributed by atoms with E-state index in [9.17, 15) is 4.79 Å². The second kappa shape index (κ2) is 8.16. The molecule has 0 N–H and O–H groups in total. The Morgan fingerprint density at radius 1 is 1.24 bits per heavy atom. The number of piperidine rings is 1. The summed E-state index contributed by atoms with van der Waals surface area (Å²) in [6.07, 6.45) is 3.59. The SMILES string of the molecule is COc1nccc(OC2CCN(C(=O)Cc3ccc(Cl)cc3)CC2)n1. The first-order chi connectivity index (χ1) is 12.1. The van der Waals surface area contributed by atoms with Crippen LogP contribution in [-0.4, -0.2) is 47.1 Å². The third-order valence-electron chi connectivity index (χ3n) is 4.14. The van der Waals surface area contributed by atoms with Crippen LogP contribution in [0.1, 0.15) is 18.4 Å². The largest absolute Gasteiger partial charge is 0.474 e. The van der Waals surface area contributed by atoms with E-state index in [1.54, 1.807) is 24.4 Å². The third kappa shape index (κ3) is 4.82. The van der Waals surface area contributed by atoms with Gasteiger partial charge in [-0.15, -0.1) is 0 Å². The highest BCUT2D eigenvalue weighted by Gasteiger charge is 2.24. The lowest BCUT2D eigenvalue weighted by molar-refractivity contribution is -0.132. The van der Waals surface area contributed by atoms with E-state index in [0.29, 0.717) is 30.4 Å². The molecular weight excluding hydrogens is 342 g/mol. The number of benzene rings is 1. The number of hydrogen-bond acceptors (Lipinski definition) is 5. The highest BCUT2D eigenvalue weighted by atomic mass is 35.5. The molecule has 25 heavy (non-hydrogen) atoms. The highest BCUT2D eigenvalue weighted by molar-refractivity contribution is 6.30. The van der Waals surface area contributed by atoms with E-state index in [4.69, 9.17) is 21.1 Å². The smallest absolute Gasteiger partial charge is 0.319 e. The van der Waals surface area contributed by atoms with E-state index in [-0.39, 0.29) is 18.0 Å². The molecule has 0 saturated carbocycles. The number of rotatable bonds is 5. The molecule has 1 aromatic heterocycles. The molecule has 1 aliphatic rings. The normalized spacial score (nSPS) is 15.0. The Morgan fingerprint density at radius 3 is 2.64 bits per heavy atom. The van der Waals surface area contributed by atoms with Crippen molar-refractivity contribution in [2.24, 2.45) is 0 Å². The van der Waals surface area contributed by atoms with Crippen LogP contribution in [0.4, 0.5) is 0 Å². The summed E-state index contributed by atoms with van der Waals surface area (Å²) in [5, 5.41) is 0.676. The van der Waals surface area contributed by atoms with Crippen LogP contribution in [0, 0.1) is 0 Å². The van der Waals surface area contributed by atoms with Crippen molar-refractivity contribution in [3.63, 3.8) is 0 Å². The number of amides is 1. The molecule has 7 heteroatoms. The van der Waals surface area contributed by atoms with Crippen molar-refractivity contribution in [2.45, 2.75) is 25.4 Å². The van der Waals surface area contributed by atoms with Gasteiger partial charge in [0.25, 0.3) is 0 Å². The van der Waals surface area contributed by atoms with Crippen molar-refractivity contribution in [3.05, 3.63) is 47.1 Å². The minimum atomic E-state index is 0.0409. The Morgan fingerprint density at radius 2 is 1.96 bits per heavy atom. The first-order valence-corrected chi connectivity index (χ1v) is 8.58. The number of carbonyl (C=O) groups excluding carboxylic acids is 1. The van der Waals surface area contributed by atoms with Gasteiger partial charge < -0.3 is 14.4 Å². The fourth-order valence-electron chi connectivity index (χ4n) is 2.77. The van der Waals surface area contributed by atoms with Crippen LogP contribution in [0.5, 0.6) is 11.9 Å². The van der Waals surface area contributed by atoms with Gasteiger partial charge in [-0.3, -0.25) is 4.79 Å². The second-order valence-electron chi connectivity index (χ2n) is 5.88. The summed E-state index contributed by atoms with van der Waals surface area (Å²) in [7, 11) is 1.52. The number of aromatic nitrogens is 2. The summed E-state index contributed by atoms with van der Waals surface area (Å²) in [6, 6.07) is 9.38. The zero-order chi connectivity index (χ0) is 17.6. The van der Waals surface area contributed by atoms with Crippen LogP contribution in [0.3, 0.4) is 0 Å². The first-order valence-electron chi connectivity index (χ1n) is 8.20. The van der Waals surface area contributed by atoms with Crippen LogP contribution < -0.4 is 9.47 Å². The molecule has 1 amide bonds. The molecule has 0 atom stereocenters. The van der Waals surface area contributed by atoms with Gasteiger partial charge >= 0.3 is 6.01 Å². The van der Waals surface area contributed by atoms with Crippen molar-refractivity contribution in [1.82, 2.24) is 14.9 Å². The molecule has 1 aliphatic heterocycles. The van der Waals surface area contributed by atoms with Crippen molar-refractivity contribution in [2.75, 3.05) is 20.2 Å². The number of hydrogen-bond donors (Lipinski definition) is 0. The Labute approximate surface area is 151 Å². The molecule has 3 rings (SSSR count). The van der Waals surface area contributed by atoms with Crippen molar-refractivity contribution >= 4 is 17.5 Å². The Balaban J connectivity index is 1.49. The number of nitrogens with zero attached hydrogens (tertiary/aromatic N) is 3. The second-order valence-corrected chi connectivity index (χ2v) is 6.32. The predicted molar refractivity (Wildman–Crippen MR) is 94.0 cm³/mol. The van der Waals surface area contributed by atoms with Gasteiger partial charge in [0.2, 0.25) is 11.8 Å². The molecule has 1 fully saturated rings. The van der Waals surface area contributed by atoms with Gasteiger partial charge in [0.1, 0.15) is 6.10 Å². The molecular formula is C18H20ClN3O3. The molecule has 6 nitrogen and oxygen atoms in total. The molecule has 0 aliphatic carbocycles. The van der Waals surface area contributed by atoms with E-state index in [1.807, 2.05) is 17.0 Å². The van der Waals surface area contributed by atoms with Gasteiger partial charge in [0.15, 0.2) is 0 Å². The number of likely N-dealkylation sites (tertiary alicyclic amines) is 1. The summed E-state index contributed by atoms with van der Waals surface area (Å²) >= 11 is 5.87. The zero-order valence-electron chi connectivity index (χ0n) is 14.0. The maximum atomic E-state index is 12.4. The standard InChI is InChI=1S/C18H20ClN3O3/c1-24-18-20-9-6-16(21-18)25-15-7-10-22(11-8-15)17(23)12-13-2-4-14(19)5-3-13/h2-6,9,15H,7-8,10-12H2,1H3. The van der Waals surface area contributed by atoms with E-state index in [0.717, 1.165) is 18.4 Å². The molecule has 0 bridgehead atoms. The van der Waals surface area contributed by atoms with Gasteiger partial charge in [-0.25, -0.2) is 4.98 Å². The van der Waals surface area contributed by atoms with Gasteiger partial charge in [0.05, 0.1) is 13.5 Å². The van der Waals surface area contributed by atoms with E-state index in [1.165, 1.54) is 7.11 Å². The van der Waals surface area contributed by atoms with Crippen LogP contribution in [0.15, 0.2) is 36.5 Å². The summed E-state index contributed by atoms with van der Waals surface area (Å²) in [5.74, 6) is 0.627. The van der Waals surface area contributed by atoms with Crippen LogP contribution >= 0.6 is 11.6 Å². The molecule has 0 unspecified atom stereocenters. The predicted octanol–water partition coefficient (Wildman–Crippen LogP) is 2.75. The molecule has 1 saturated heterocycles. The number of carbonyl (C=O) groups is 1. The van der Waals surface area contributed by atoms with Gasteiger partial charge in [-0.05, 0) is 17.7 Å². The summed E-state index contributed by atoms with van der Waals surface area (Å²) in [5.41, 5.74) is 0.973. The minimum absolute atomic E-state index is 0.0409. The lowest BCUT2D eigenvalue weighted by atomic mass is 10.1. The highest BCUT2D eigenvalue weighted by Crippen LogP contribution is 2.19. The average molecular weight is 362 g/mol. The molecule has 1 aromatic carbocycles. The summed E-state index contributed by atoms with van der Waals surface area (Å²) < 4.78 is 10.9. The molecule has 132 valence electrons. The number of halogens is 1. The average Bonchev–Trinajstić information content (AvgIpc) is 2.64. The molecule has 0 radical (unpaired) electrons. The van der Waals surface area contributed by atoms with Crippen molar-refractivity contribution < 1.29 is 14.3 Å². The van der Waals surface area contributed by atoms with Crippen LogP contribution in [0.25, 0.3) is 0 Å². The summed E-state index contributed by atoms with van der Waals surface area (Å²) in [6.45, 7) is 1.36. The number of ether oxygens (including phenoxy) is 2. The lowest BCUT2D eigenvalue weighted by Crippen LogP contribution is -2.42.